The molecule has 0 bridgehead atoms. The number of pyridine rings is 1. The van der Waals surface area contributed by atoms with Crippen LogP contribution in [0.4, 0.5) is 5.69 Å². The summed E-state index contributed by atoms with van der Waals surface area (Å²) in [4.78, 5) is 4.09. The lowest BCUT2D eigenvalue weighted by molar-refractivity contribution is 0.171. The molecule has 0 saturated heterocycles. The predicted octanol–water partition coefficient (Wildman–Crippen LogP) is 2.91. The minimum absolute atomic E-state index is 0.0856. The van der Waals surface area contributed by atoms with Crippen LogP contribution >= 0.6 is 34.2 Å². The Kier molecular flexibility index (Phi) is 4.33. The summed E-state index contributed by atoms with van der Waals surface area (Å²) >= 11 is 7.67. The smallest absolute Gasteiger partial charge is 0.262 e. The molecule has 9 heteroatoms. The van der Waals surface area contributed by atoms with Gasteiger partial charge in [-0.05, 0) is 46.9 Å². The number of aromatic nitrogens is 1. The molecule has 6 nitrogen and oxygen atoms in total. The number of rotatable bonds is 3. The van der Waals surface area contributed by atoms with Crippen LogP contribution in [0.15, 0.2) is 35.2 Å². The highest BCUT2D eigenvalue weighted by molar-refractivity contribution is 14.1. The van der Waals surface area contributed by atoms with Crippen molar-refractivity contribution in [2.45, 2.75) is 4.90 Å². The number of fused-ring (bicyclic) bond motifs is 1. The summed E-state index contributed by atoms with van der Waals surface area (Å²) in [6, 6.07) is 7.56. The Morgan fingerprint density at radius 1 is 1.14 bits per heavy atom. The van der Waals surface area contributed by atoms with Crippen molar-refractivity contribution in [2.75, 3.05) is 17.9 Å². The Bertz CT molecular complexity index is 829. The number of hydrogen-bond acceptors (Lipinski definition) is 5. The highest BCUT2D eigenvalue weighted by Crippen LogP contribution is 2.33. The second kappa shape index (κ2) is 6.09. The van der Waals surface area contributed by atoms with Crippen LogP contribution in [0, 0.1) is 3.70 Å². The van der Waals surface area contributed by atoms with Gasteiger partial charge in [-0.2, -0.15) is 0 Å². The van der Waals surface area contributed by atoms with E-state index in [2.05, 4.69) is 9.71 Å². The Labute approximate surface area is 146 Å². The monoisotopic (exact) mass is 452 g/mol. The van der Waals surface area contributed by atoms with Crippen LogP contribution in [0.25, 0.3) is 0 Å². The number of nitrogens with one attached hydrogen (secondary N) is 1. The molecule has 2 heterocycles. The summed E-state index contributed by atoms with van der Waals surface area (Å²) in [6.07, 6.45) is 0. The molecule has 116 valence electrons. The number of sulfonamides is 1. The van der Waals surface area contributed by atoms with Gasteiger partial charge in [-0.15, -0.1) is 0 Å². The van der Waals surface area contributed by atoms with Gasteiger partial charge in [-0.25, -0.2) is 13.4 Å². The third-order valence-electron chi connectivity index (χ3n) is 2.88. The third kappa shape index (κ3) is 3.23. The molecule has 3 rings (SSSR count). The fraction of sp³-hybridized carbons (Fsp3) is 0.154. The summed E-state index contributed by atoms with van der Waals surface area (Å²) in [5.74, 6) is 0.950. The lowest BCUT2D eigenvalue weighted by Crippen LogP contribution is -2.17. The van der Waals surface area contributed by atoms with Gasteiger partial charge < -0.3 is 9.47 Å². The van der Waals surface area contributed by atoms with E-state index in [1.54, 1.807) is 12.1 Å². The van der Waals surface area contributed by atoms with Gasteiger partial charge in [0.2, 0.25) is 0 Å². The van der Waals surface area contributed by atoms with Crippen molar-refractivity contribution in [1.82, 2.24) is 4.98 Å². The fourth-order valence-corrected chi connectivity index (χ4v) is 4.01. The Balaban J connectivity index is 1.92. The molecule has 0 aliphatic carbocycles. The largest absolute Gasteiger partial charge is 0.486 e. The Morgan fingerprint density at radius 2 is 1.86 bits per heavy atom. The number of hydrogen-bond donors (Lipinski definition) is 1. The van der Waals surface area contributed by atoms with Crippen LogP contribution in [0.5, 0.6) is 11.5 Å². The molecular weight excluding hydrogens is 443 g/mol. The fourth-order valence-electron chi connectivity index (χ4n) is 1.88. The maximum atomic E-state index is 12.5. The molecule has 2 aromatic rings. The molecule has 0 spiro atoms. The first kappa shape index (κ1) is 15.6. The van der Waals surface area contributed by atoms with Crippen molar-refractivity contribution in [3.63, 3.8) is 0 Å². The number of halogens is 2. The van der Waals surface area contributed by atoms with Crippen LogP contribution in [0.2, 0.25) is 5.15 Å². The van der Waals surface area contributed by atoms with Crippen molar-refractivity contribution in [2.24, 2.45) is 0 Å². The molecule has 1 N–H and O–H groups in total. The van der Waals surface area contributed by atoms with Crippen LogP contribution in [-0.2, 0) is 10.0 Å². The molecule has 1 aromatic heterocycles. The number of benzene rings is 1. The first-order valence-electron chi connectivity index (χ1n) is 6.20. The minimum atomic E-state index is -3.76. The Hall–Kier alpha value is -1.26. The van der Waals surface area contributed by atoms with Crippen LogP contribution in [0.1, 0.15) is 0 Å². The minimum Gasteiger partial charge on any atom is -0.486 e. The van der Waals surface area contributed by atoms with Crippen molar-refractivity contribution < 1.29 is 17.9 Å². The molecule has 0 radical (unpaired) electrons. The van der Waals surface area contributed by atoms with Crippen molar-refractivity contribution in [3.8, 4) is 11.5 Å². The zero-order valence-corrected chi connectivity index (χ0v) is 14.8. The van der Waals surface area contributed by atoms with E-state index in [4.69, 9.17) is 21.1 Å². The first-order valence-corrected chi connectivity index (χ1v) is 9.14. The van der Waals surface area contributed by atoms with E-state index in [0.29, 0.717) is 39.3 Å². The standard InChI is InChI=1S/C13H10ClIN2O4S/c14-12-4-2-9(13(15)16-12)17-22(18,19)8-1-3-10-11(7-8)21-6-5-20-10/h1-4,7,17H,5-6H2. The van der Waals surface area contributed by atoms with Gasteiger partial charge in [-0.3, -0.25) is 4.72 Å². The molecule has 0 fully saturated rings. The third-order valence-corrected chi connectivity index (χ3v) is 5.28. The van der Waals surface area contributed by atoms with Crippen LogP contribution in [0.3, 0.4) is 0 Å². The molecule has 0 atom stereocenters. The van der Waals surface area contributed by atoms with E-state index >= 15 is 0 Å². The van der Waals surface area contributed by atoms with Crippen molar-refractivity contribution in [1.29, 1.82) is 0 Å². The summed E-state index contributed by atoms with van der Waals surface area (Å²) < 4.78 is 38.6. The first-order chi connectivity index (χ1) is 10.5. The maximum Gasteiger partial charge on any atom is 0.262 e. The highest BCUT2D eigenvalue weighted by Gasteiger charge is 2.20. The molecule has 1 aliphatic rings. The molecular formula is C13H10ClIN2O4S. The van der Waals surface area contributed by atoms with Crippen molar-refractivity contribution in [3.05, 3.63) is 39.2 Å². The van der Waals surface area contributed by atoms with E-state index in [-0.39, 0.29) is 4.90 Å². The normalized spacial score (nSPS) is 13.7. The van der Waals surface area contributed by atoms with Gasteiger partial charge in [0, 0.05) is 6.07 Å². The summed E-state index contributed by atoms with van der Waals surface area (Å²) in [5.41, 5.74) is 0.361. The molecule has 1 aliphatic heterocycles. The highest BCUT2D eigenvalue weighted by atomic mass is 127. The Morgan fingerprint density at radius 3 is 2.59 bits per heavy atom. The van der Waals surface area contributed by atoms with Crippen molar-refractivity contribution >= 4 is 49.9 Å². The van der Waals surface area contributed by atoms with Gasteiger partial charge in [0.15, 0.2) is 11.5 Å². The molecule has 22 heavy (non-hydrogen) atoms. The molecule has 1 aromatic carbocycles. The van der Waals surface area contributed by atoms with Crippen LogP contribution < -0.4 is 14.2 Å². The zero-order valence-electron chi connectivity index (χ0n) is 11.0. The molecule has 0 saturated carbocycles. The topological polar surface area (TPSA) is 77.5 Å². The number of ether oxygens (including phenoxy) is 2. The zero-order chi connectivity index (χ0) is 15.7. The van der Waals surface area contributed by atoms with Crippen LogP contribution in [-0.4, -0.2) is 26.6 Å². The van der Waals surface area contributed by atoms with E-state index in [9.17, 15) is 8.42 Å². The summed E-state index contributed by atoms with van der Waals surface area (Å²) in [5, 5.41) is 0.298. The summed E-state index contributed by atoms with van der Waals surface area (Å²) in [6.45, 7) is 0.842. The van der Waals surface area contributed by atoms with Gasteiger partial charge in [-0.1, -0.05) is 11.6 Å². The second-order valence-corrected chi connectivity index (χ2v) is 7.47. The lowest BCUT2D eigenvalue weighted by atomic mass is 10.3. The number of nitrogens with zero attached hydrogens (tertiary/aromatic N) is 1. The number of anilines is 1. The van der Waals surface area contributed by atoms with E-state index in [1.165, 1.54) is 18.2 Å². The molecule has 0 unspecified atom stereocenters. The SMILES string of the molecule is O=S(=O)(Nc1ccc(Cl)nc1I)c1ccc2c(c1)OCCO2. The average molecular weight is 453 g/mol. The molecule has 0 amide bonds. The predicted molar refractivity (Wildman–Crippen MR) is 90.2 cm³/mol. The van der Waals surface area contributed by atoms with Gasteiger partial charge in [0.05, 0.1) is 10.6 Å². The lowest BCUT2D eigenvalue weighted by Gasteiger charge is -2.19. The summed E-state index contributed by atoms with van der Waals surface area (Å²) in [7, 11) is -3.76. The average Bonchev–Trinajstić information content (AvgIpc) is 2.49. The quantitative estimate of drug-likeness (QED) is 0.572. The second-order valence-electron chi connectivity index (χ2n) is 4.38. The van der Waals surface area contributed by atoms with E-state index in [1.807, 2.05) is 22.6 Å². The van der Waals surface area contributed by atoms with E-state index in [0.717, 1.165) is 0 Å². The van der Waals surface area contributed by atoms with E-state index < -0.39 is 10.0 Å². The van der Waals surface area contributed by atoms with Gasteiger partial charge in [0.25, 0.3) is 10.0 Å². The maximum absolute atomic E-state index is 12.5. The van der Waals surface area contributed by atoms with Gasteiger partial charge in [0.1, 0.15) is 22.1 Å². The van der Waals surface area contributed by atoms with Gasteiger partial charge >= 0.3 is 0 Å².